The summed E-state index contributed by atoms with van der Waals surface area (Å²) < 4.78 is 7.71. The maximum absolute atomic E-state index is 5.72. The molecule has 2 aromatic rings. The van der Waals surface area contributed by atoms with Crippen LogP contribution in [0.4, 0.5) is 0 Å². The van der Waals surface area contributed by atoms with Gasteiger partial charge in [0.1, 0.15) is 5.65 Å². The number of hydrogen-bond acceptors (Lipinski definition) is 3. The van der Waals surface area contributed by atoms with Gasteiger partial charge in [-0.2, -0.15) is 0 Å². The summed E-state index contributed by atoms with van der Waals surface area (Å²) in [6.45, 7) is 1.43. The highest BCUT2D eigenvalue weighted by Gasteiger charge is 2.17. The van der Waals surface area contributed by atoms with E-state index in [9.17, 15) is 0 Å². The first-order valence-electron chi connectivity index (χ1n) is 6.14. The summed E-state index contributed by atoms with van der Waals surface area (Å²) in [5, 5.41) is 0. The number of fused-ring (bicyclic) bond motifs is 1. The molecule has 90 valence electrons. The van der Waals surface area contributed by atoms with E-state index in [1.165, 1.54) is 6.42 Å². The Bertz CT molecular complexity index is 514. The van der Waals surface area contributed by atoms with Gasteiger partial charge in [0, 0.05) is 31.5 Å². The number of nitrogens with zero attached hydrogens (tertiary/aromatic N) is 2. The lowest BCUT2D eigenvalue weighted by atomic mass is 10.1. The fourth-order valence-electron chi connectivity index (χ4n) is 2.42. The Hall–Kier alpha value is -1.39. The molecule has 0 spiro atoms. The Morgan fingerprint density at radius 1 is 1.47 bits per heavy atom. The monoisotopic (exact) mass is 231 g/mol. The van der Waals surface area contributed by atoms with Gasteiger partial charge in [-0.3, -0.25) is 0 Å². The molecule has 4 heteroatoms. The molecule has 0 bridgehead atoms. The second-order valence-corrected chi connectivity index (χ2v) is 4.52. The van der Waals surface area contributed by atoms with Gasteiger partial charge < -0.3 is 14.9 Å². The summed E-state index contributed by atoms with van der Waals surface area (Å²) in [5.74, 6) is 0. The van der Waals surface area contributed by atoms with Crippen LogP contribution in [0.1, 0.15) is 24.2 Å². The van der Waals surface area contributed by atoms with Gasteiger partial charge >= 0.3 is 0 Å². The number of ether oxygens (including phenoxy) is 1. The Morgan fingerprint density at radius 2 is 2.41 bits per heavy atom. The maximum Gasteiger partial charge on any atom is 0.137 e. The van der Waals surface area contributed by atoms with Crippen LogP contribution in [0.3, 0.4) is 0 Å². The van der Waals surface area contributed by atoms with Crippen LogP contribution < -0.4 is 5.73 Å². The van der Waals surface area contributed by atoms with Crippen molar-refractivity contribution in [2.45, 2.75) is 31.9 Å². The van der Waals surface area contributed by atoms with Crippen molar-refractivity contribution in [2.75, 3.05) is 6.61 Å². The van der Waals surface area contributed by atoms with Crippen LogP contribution in [0.15, 0.2) is 24.4 Å². The van der Waals surface area contributed by atoms with Crippen LogP contribution in [0.25, 0.3) is 5.65 Å². The molecule has 2 N–H and O–H groups in total. The fourth-order valence-corrected chi connectivity index (χ4v) is 2.42. The zero-order valence-electron chi connectivity index (χ0n) is 9.80. The van der Waals surface area contributed by atoms with Crippen LogP contribution in [0.2, 0.25) is 0 Å². The zero-order chi connectivity index (χ0) is 11.7. The molecule has 4 nitrogen and oxygen atoms in total. The van der Waals surface area contributed by atoms with Crippen molar-refractivity contribution in [2.24, 2.45) is 5.73 Å². The van der Waals surface area contributed by atoms with E-state index in [0.717, 1.165) is 36.5 Å². The molecule has 1 aliphatic rings. The highest BCUT2D eigenvalue weighted by molar-refractivity contribution is 5.42. The quantitative estimate of drug-likeness (QED) is 0.871. The summed E-state index contributed by atoms with van der Waals surface area (Å²) in [6, 6.07) is 6.04. The van der Waals surface area contributed by atoms with E-state index in [0.29, 0.717) is 12.6 Å². The lowest BCUT2D eigenvalue weighted by Crippen LogP contribution is -2.08. The third kappa shape index (κ3) is 2.06. The van der Waals surface area contributed by atoms with Crippen LogP contribution in [-0.4, -0.2) is 22.1 Å². The lowest BCUT2D eigenvalue weighted by Gasteiger charge is -2.05. The van der Waals surface area contributed by atoms with Crippen LogP contribution in [0, 0.1) is 0 Å². The lowest BCUT2D eigenvalue weighted by molar-refractivity contribution is 0.111. The predicted octanol–water partition coefficient (Wildman–Crippen LogP) is 1.51. The second-order valence-electron chi connectivity index (χ2n) is 4.52. The fraction of sp³-hybridized carbons (Fsp3) is 0.462. The number of rotatable bonds is 3. The molecule has 3 rings (SSSR count). The third-order valence-electron chi connectivity index (χ3n) is 3.30. The van der Waals surface area contributed by atoms with Crippen molar-refractivity contribution in [1.29, 1.82) is 0 Å². The molecule has 0 aliphatic carbocycles. The molecule has 1 saturated heterocycles. The Labute approximate surface area is 100 Å². The van der Waals surface area contributed by atoms with Crippen LogP contribution >= 0.6 is 0 Å². The molecule has 1 atom stereocenters. The number of nitrogens with two attached hydrogens (primary N) is 1. The van der Waals surface area contributed by atoms with Gasteiger partial charge in [0.05, 0.1) is 11.8 Å². The van der Waals surface area contributed by atoms with Gasteiger partial charge in [0.25, 0.3) is 0 Å². The highest BCUT2D eigenvalue weighted by Crippen LogP contribution is 2.17. The van der Waals surface area contributed by atoms with Crippen molar-refractivity contribution < 1.29 is 4.74 Å². The minimum absolute atomic E-state index is 0.348. The normalized spacial score (nSPS) is 20.2. The SMILES string of the molecule is NCc1cccc2nc(CC3CCCO3)cn12. The standard InChI is InChI=1S/C13H17N3O/c14-8-11-3-1-5-13-15-10(9-16(11)13)7-12-4-2-6-17-12/h1,3,5,9,12H,2,4,6-8,14H2. The summed E-state index contributed by atoms with van der Waals surface area (Å²) in [4.78, 5) is 4.61. The summed E-state index contributed by atoms with van der Waals surface area (Å²) >= 11 is 0. The van der Waals surface area contributed by atoms with E-state index in [1.807, 2.05) is 18.2 Å². The van der Waals surface area contributed by atoms with Gasteiger partial charge in [0.15, 0.2) is 0 Å². The maximum atomic E-state index is 5.72. The summed E-state index contributed by atoms with van der Waals surface area (Å²) in [7, 11) is 0. The molecule has 17 heavy (non-hydrogen) atoms. The van der Waals surface area contributed by atoms with E-state index in [2.05, 4.69) is 15.6 Å². The first kappa shape index (κ1) is 10.7. The van der Waals surface area contributed by atoms with Crippen molar-refractivity contribution in [3.8, 4) is 0 Å². The summed E-state index contributed by atoms with van der Waals surface area (Å²) in [5.41, 5.74) is 8.88. The van der Waals surface area contributed by atoms with Crippen LogP contribution in [0.5, 0.6) is 0 Å². The van der Waals surface area contributed by atoms with Gasteiger partial charge in [0.2, 0.25) is 0 Å². The molecule has 0 aromatic carbocycles. The average Bonchev–Trinajstić information content (AvgIpc) is 2.97. The van der Waals surface area contributed by atoms with Gasteiger partial charge in [-0.15, -0.1) is 0 Å². The van der Waals surface area contributed by atoms with E-state index in [1.54, 1.807) is 0 Å². The Balaban J connectivity index is 1.90. The molecule has 1 unspecified atom stereocenters. The van der Waals surface area contributed by atoms with E-state index < -0.39 is 0 Å². The molecule has 0 amide bonds. The Kier molecular flexibility index (Phi) is 2.82. The first-order valence-corrected chi connectivity index (χ1v) is 6.14. The topological polar surface area (TPSA) is 52.5 Å². The largest absolute Gasteiger partial charge is 0.378 e. The van der Waals surface area contributed by atoms with Crippen molar-refractivity contribution in [3.05, 3.63) is 35.8 Å². The number of pyridine rings is 1. The predicted molar refractivity (Wildman–Crippen MR) is 65.8 cm³/mol. The van der Waals surface area contributed by atoms with Crippen LogP contribution in [-0.2, 0) is 17.7 Å². The molecule has 1 aliphatic heterocycles. The first-order chi connectivity index (χ1) is 8.36. The van der Waals surface area contributed by atoms with Crippen molar-refractivity contribution in [3.63, 3.8) is 0 Å². The minimum atomic E-state index is 0.348. The number of hydrogen-bond donors (Lipinski definition) is 1. The molecule has 1 fully saturated rings. The molecule has 2 aromatic heterocycles. The molecule has 0 radical (unpaired) electrons. The number of aromatic nitrogens is 2. The van der Waals surface area contributed by atoms with E-state index in [-0.39, 0.29) is 0 Å². The van der Waals surface area contributed by atoms with Gasteiger partial charge in [-0.1, -0.05) is 6.07 Å². The Morgan fingerprint density at radius 3 is 3.18 bits per heavy atom. The van der Waals surface area contributed by atoms with E-state index in [4.69, 9.17) is 10.5 Å². The minimum Gasteiger partial charge on any atom is -0.378 e. The zero-order valence-corrected chi connectivity index (χ0v) is 9.80. The van der Waals surface area contributed by atoms with Crippen molar-refractivity contribution in [1.82, 2.24) is 9.38 Å². The second kappa shape index (κ2) is 4.47. The van der Waals surface area contributed by atoms with Gasteiger partial charge in [-0.05, 0) is 25.0 Å². The molecular formula is C13H17N3O. The highest BCUT2D eigenvalue weighted by atomic mass is 16.5. The smallest absolute Gasteiger partial charge is 0.137 e. The molecule has 0 saturated carbocycles. The molecular weight excluding hydrogens is 214 g/mol. The third-order valence-corrected chi connectivity index (χ3v) is 3.30. The van der Waals surface area contributed by atoms with E-state index >= 15 is 0 Å². The summed E-state index contributed by atoms with van der Waals surface area (Å²) in [6.07, 6.45) is 5.66. The number of imidazole rings is 1. The van der Waals surface area contributed by atoms with Gasteiger partial charge in [-0.25, -0.2) is 4.98 Å². The molecule has 3 heterocycles. The average molecular weight is 231 g/mol. The van der Waals surface area contributed by atoms with Crippen molar-refractivity contribution >= 4 is 5.65 Å².